The number of ether oxygens (including phenoxy) is 2. The molecule has 1 fully saturated rings. The van der Waals surface area contributed by atoms with Crippen LogP contribution in [-0.2, 0) is 0 Å². The SMILES string of the molecule is CNc1cc(C)nc(N)c1-c1cc(OCCCN2CCCC2)c(OC)cn1. The summed E-state index contributed by atoms with van der Waals surface area (Å²) in [6.07, 6.45) is 5.27. The normalized spacial score (nSPS) is 14.3. The molecule has 0 bridgehead atoms. The van der Waals surface area contributed by atoms with Crippen molar-refractivity contribution in [2.75, 3.05) is 51.4 Å². The van der Waals surface area contributed by atoms with Crippen molar-refractivity contribution < 1.29 is 9.47 Å². The number of nitrogens with two attached hydrogens (primary N) is 1. The minimum Gasteiger partial charge on any atom is -0.491 e. The van der Waals surface area contributed by atoms with Crippen LogP contribution < -0.4 is 20.5 Å². The average molecular weight is 371 g/mol. The van der Waals surface area contributed by atoms with Gasteiger partial charge in [-0.2, -0.15) is 0 Å². The summed E-state index contributed by atoms with van der Waals surface area (Å²) in [4.78, 5) is 11.4. The molecule has 0 atom stereocenters. The minimum atomic E-state index is 0.442. The van der Waals surface area contributed by atoms with Gasteiger partial charge in [-0.25, -0.2) is 4.98 Å². The van der Waals surface area contributed by atoms with E-state index in [2.05, 4.69) is 20.2 Å². The first kappa shape index (κ1) is 19.2. The first-order chi connectivity index (χ1) is 13.1. The van der Waals surface area contributed by atoms with Crippen LogP contribution in [0, 0.1) is 6.92 Å². The Balaban J connectivity index is 1.77. The third-order valence-corrected chi connectivity index (χ3v) is 4.83. The van der Waals surface area contributed by atoms with Crippen LogP contribution in [0.4, 0.5) is 11.5 Å². The number of nitrogens with one attached hydrogen (secondary N) is 1. The number of hydrogen-bond acceptors (Lipinski definition) is 7. The monoisotopic (exact) mass is 371 g/mol. The Morgan fingerprint density at radius 3 is 2.70 bits per heavy atom. The predicted octanol–water partition coefficient (Wildman–Crippen LogP) is 2.95. The van der Waals surface area contributed by atoms with Crippen molar-refractivity contribution in [3.63, 3.8) is 0 Å². The van der Waals surface area contributed by atoms with Crippen molar-refractivity contribution in [3.8, 4) is 22.8 Å². The Labute approximate surface area is 160 Å². The van der Waals surface area contributed by atoms with Gasteiger partial charge in [0.05, 0.1) is 31.2 Å². The number of methoxy groups -OCH3 is 1. The third-order valence-electron chi connectivity index (χ3n) is 4.83. The highest BCUT2D eigenvalue weighted by atomic mass is 16.5. The first-order valence-electron chi connectivity index (χ1n) is 9.46. The van der Waals surface area contributed by atoms with E-state index >= 15 is 0 Å². The Kier molecular flexibility index (Phi) is 6.34. The summed E-state index contributed by atoms with van der Waals surface area (Å²) in [6, 6.07) is 3.83. The van der Waals surface area contributed by atoms with E-state index in [4.69, 9.17) is 15.2 Å². The Morgan fingerprint density at radius 2 is 2.00 bits per heavy atom. The summed E-state index contributed by atoms with van der Waals surface area (Å²) in [5.41, 5.74) is 9.39. The van der Waals surface area contributed by atoms with E-state index < -0.39 is 0 Å². The van der Waals surface area contributed by atoms with Crippen molar-refractivity contribution in [2.24, 2.45) is 0 Å². The number of likely N-dealkylation sites (tertiary alicyclic amines) is 1. The van der Waals surface area contributed by atoms with E-state index in [0.717, 1.165) is 29.9 Å². The highest BCUT2D eigenvalue weighted by Crippen LogP contribution is 2.36. The van der Waals surface area contributed by atoms with Gasteiger partial charge in [0.15, 0.2) is 11.5 Å². The van der Waals surface area contributed by atoms with E-state index in [1.165, 1.54) is 25.9 Å². The number of aromatic nitrogens is 2. The fourth-order valence-corrected chi connectivity index (χ4v) is 3.47. The Hall–Kier alpha value is -2.54. The number of anilines is 2. The summed E-state index contributed by atoms with van der Waals surface area (Å²) in [5.74, 6) is 1.73. The second-order valence-corrected chi connectivity index (χ2v) is 6.79. The molecule has 1 saturated heterocycles. The van der Waals surface area contributed by atoms with Gasteiger partial charge in [0.1, 0.15) is 5.82 Å². The molecule has 146 valence electrons. The number of aryl methyl sites for hydroxylation is 1. The molecule has 3 heterocycles. The Morgan fingerprint density at radius 1 is 1.22 bits per heavy atom. The zero-order valence-corrected chi connectivity index (χ0v) is 16.4. The zero-order valence-electron chi connectivity index (χ0n) is 16.4. The molecule has 0 spiro atoms. The maximum atomic E-state index is 6.17. The van der Waals surface area contributed by atoms with E-state index in [1.54, 1.807) is 13.3 Å². The lowest BCUT2D eigenvalue weighted by atomic mass is 10.1. The number of nitrogens with zero attached hydrogens (tertiary/aromatic N) is 3. The number of hydrogen-bond donors (Lipinski definition) is 2. The number of rotatable bonds is 8. The van der Waals surface area contributed by atoms with Gasteiger partial charge in [0, 0.05) is 31.0 Å². The maximum Gasteiger partial charge on any atom is 0.179 e. The molecule has 27 heavy (non-hydrogen) atoms. The number of nitrogen functional groups attached to an aromatic ring is 1. The molecule has 2 aromatic heterocycles. The summed E-state index contributed by atoms with van der Waals surface area (Å²) in [5, 5.41) is 3.17. The molecule has 7 nitrogen and oxygen atoms in total. The van der Waals surface area contributed by atoms with Crippen LogP contribution in [0.2, 0.25) is 0 Å². The number of pyridine rings is 2. The molecule has 0 unspecified atom stereocenters. The summed E-state index contributed by atoms with van der Waals surface area (Å²) in [7, 11) is 3.48. The van der Waals surface area contributed by atoms with Crippen LogP contribution in [-0.4, -0.2) is 55.3 Å². The van der Waals surface area contributed by atoms with Gasteiger partial charge >= 0.3 is 0 Å². The fraction of sp³-hybridized carbons (Fsp3) is 0.500. The second kappa shape index (κ2) is 8.90. The maximum absolute atomic E-state index is 6.17. The van der Waals surface area contributed by atoms with E-state index in [-0.39, 0.29) is 0 Å². The first-order valence-corrected chi connectivity index (χ1v) is 9.46. The molecule has 7 heteroatoms. The fourth-order valence-electron chi connectivity index (χ4n) is 3.47. The minimum absolute atomic E-state index is 0.442. The van der Waals surface area contributed by atoms with Crippen molar-refractivity contribution in [1.29, 1.82) is 0 Å². The highest BCUT2D eigenvalue weighted by molar-refractivity contribution is 5.84. The van der Waals surface area contributed by atoms with Gasteiger partial charge in [0.2, 0.25) is 0 Å². The molecule has 1 aliphatic heterocycles. The lowest BCUT2D eigenvalue weighted by Gasteiger charge is -2.17. The van der Waals surface area contributed by atoms with E-state index in [1.807, 2.05) is 26.1 Å². The molecule has 3 N–H and O–H groups in total. The third kappa shape index (κ3) is 4.60. The quantitative estimate of drug-likeness (QED) is 0.690. The lowest BCUT2D eigenvalue weighted by molar-refractivity contribution is 0.254. The average Bonchev–Trinajstić information content (AvgIpc) is 3.18. The molecule has 0 aromatic carbocycles. The highest BCUT2D eigenvalue weighted by Gasteiger charge is 2.16. The Bertz CT molecular complexity index is 775. The molecule has 1 aliphatic rings. The molecule has 3 rings (SSSR count). The summed E-state index contributed by atoms with van der Waals surface area (Å²) >= 11 is 0. The molecule has 0 aliphatic carbocycles. The van der Waals surface area contributed by atoms with E-state index in [9.17, 15) is 0 Å². The summed E-state index contributed by atoms with van der Waals surface area (Å²) < 4.78 is 11.4. The summed E-state index contributed by atoms with van der Waals surface area (Å²) in [6.45, 7) is 6.03. The van der Waals surface area contributed by atoms with Crippen LogP contribution in [0.25, 0.3) is 11.3 Å². The van der Waals surface area contributed by atoms with E-state index in [0.29, 0.717) is 29.6 Å². The van der Waals surface area contributed by atoms with Crippen LogP contribution in [0.1, 0.15) is 25.0 Å². The van der Waals surface area contributed by atoms with Crippen molar-refractivity contribution >= 4 is 11.5 Å². The molecule has 2 aromatic rings. The van der Waals surface area contributed by atoms with Gasteiger partial charge in [-0.15, -0.1) is 0 Å². The van der Waals surface area contributed by atoms with Crippen LogP contribution in [0.15, 0.2) is 18.3 Å². The van der Waals surface area contributed by atoms with Crippen LogP contribution in [0.5, 0.6) is 11.5 Å². The van der Waals surface area contributed by atoms with Gasteiger partial charge in [-0.3, -0.25) is 4.98 Å². The smallest absolute Gasteiger partial charge is 0.179 e. The van der Waals surface area contributed by atoms with Gasteiger partial charge in [0.25, 0.3) is 0 Å². The largest absolute Gasteiger partial charge is 0.491 e. The van der Waals surface area contributed by atoms with Crippen molar-refractivity contribution in [1.82, 2.24) is 14.9 Å². The van der Waals surface area contributed by atoms with Crippen LogP contribution in [0.3, 0.4) is 0 Å². The lowest BCUT2D eigenvalue weighted by Crippen LogP contribution is -2.21. The van der Waals surface area contributed by atoms with Crippen molar-refractivity contribution in [3.05, 3.63) is 24.0 Å². The zero-order chi connectivity index (χ0) is 19.2. The molecular weight excluding hydrogens is 342 g/mol. The van der Waals surface area contributed by atoms with Gasteiger partial charge in [-0.1, -0.05) is 0 Å². The van der Waals surface area contributed by atoms with Gasteiger partial charge < -0.3 is 25.4 Å². The molecule has 0 amide bonds. The molecule has 0 radical (unpaired) electrons. The predicted molar refractivity (Wildman–Crippen MR) is 109 cm³/mol. The molecular formula is C20H29N5O2. The topological polar surface area (TPSA) is 85.5 Å². The van der Waals surface area contributed by atoms with Gasteiger partial charge in [-0.05, 0) is 45.3 Å². The second-order valence-electron chi connectivity index (χ2n) is 6.79. The standard InChI is InChI=1S/C20H29N5O2/c1-14-11-15(22-2)19(20(21)24-14)16-12-17(18(26-3)13-23-16)27-10-6-9-25-7-4-5-8-25/h11-13H,4-10H2,1-3H3,(H3,21,22,24). The molecule has 0 saturated carbocycles. The van der Waals surface area contributed by atoms with Crippen LogP contribution >= 0.6 is 0 Å². The van der Waals surface area contributed by atoms with Crippen molar-refractivity contribution in [2.45, 2.75) is 26.2 Å².